The maximum Gasteiger partial charge on any atom is 0.290 e. The van der Waals surface area contributed by atoms with E-state index in [0.29, 0.717) is 0 Å². The minimum atomic E-state index is 0.967. The van der Waals surface area contributed by atoms with Gasteiger partial charge in [0.2, 0.25) is 6.21 Å². The molecule has 4 aromatic carbocycles. The number of hydrogen-bond acceptors (Lipinski definition) is 0. The monoisotopic (exact) mass is 373 g/mol. The molecule has 0 unspecified atom stereocenters. The maximum atomic E-state index is 4.55. The van der Waals surface area contributed by atoms with Crippen molar-refractivity contribution in [1.82, 2.24) is 4.67 Å². The van der Waals surface area contributed by atoms with E-state index in [0.717, 1.165) is 11.1 Å². The van der Waals surface area contributed by atoms with Crippen molar-refractivity contribution in [3.63, 3.8) is 0 Å². The van der Waals surface area contributed by atoms with Gasteiger partial charge in [0.1, 0.15) is 0 Å². The highest BCUT2D eigenvalue weighted by Crippen LogP contribution is 2.32. The van der Waals surface area contributed by atoms with Crippen LogP contribution in [0.1, 0.15) is 22.3 Å². The van der Waals surface area contributed by atoms with Crippen molar-refractivity contribution in [3.8, 4) is 22.3 Å². The summed E-state index contributed by atoms with van der Waals surface area (Å²) < 4.78 is 4.55. The van der Waals surface area contributed by atoms with Crippen LogP contribution < -0.4 is 4.67 Å². The molecule has 0 fully saturated rings. The van der Waals surface area contributed by atoms with Crippen LogP contribution in [-0.2, 0) is 0 Å². The van der Waals surface area contributed by atoms with Gasteiger partial charge in [-0.15, -0.1) is 24.3 Å². The van der Waals surface area contributed by atoms with Gasteiger partial charge in [0.05, 0.1) is 0 Å². The molecule has 0 atom stereocenters. The first-order chi connectivity index (χ1) is 14.2. The number of nitrogens with zero attached hydrogens (tertiary/aromatic N) is 1. The van der Waals surface area contributed by atoms with Crippen molar-refractivity contribution < 1.29 is 0 Å². The summed E-state index contributed by atoms with van der Waals surface area (Å²) in [7, 11) is 0. The van der Waals surface area contributed by atoms with Crippen LogP contribution in [-0.4, -0.2) is 12.4 Å². The van der Waals surface area contributed by atoms with Crippen LogP contribution >= 0.6 is 0 Å². The Balaban J connectivity index is 1.91. The lowest BCUT2D eigenvalue weighted by molar-refractivity contribution is 1.38. The van der Waals surface area contributed by atoms with Crippen LogP contribution in [0.5, 0.6) is 0 Å². The first-order valence-electron chi connectivity index (χ1n) is 9.82. The molecule has 0 aromatic heterocycles. The van der Waals surface area contributed by atoms with Crippen LogP contribution in [0, 0.1) is 13.8 Å². The van der Waals surface area contributed by atoms with Crippen molar-refractivity contribution >= 4 is 12.4 Å². The Morgan fingerprint density at radius 2 is 1.21 bits per heavy atom. The van der Waals surface area contributed by atoms with Crippen molar-refractivity contribution in [3.05, 3.63) is 119 Å². The quantitative estimate of drug-likeness (QED) is 0.232. The second kappa shape index (κ2) is 8.56. The van der Waals surface area contributed by atoms with E-state index in [1.54, 1.807) is 0 Å². The van der Waals surface area contributed by atoms with Crippen LogP contribution in [0.2, 0.25) is 0 Å². The van der Waals surface area contributed by atoms with Crippen LogP contribution in [0.3, 0.4) is 0 Å². The molecule has 0 saturated heterocycles. The summed E-state index contributed by atoms with van der Waals surface area (Å²) >= 11 is 0. The standard InChI is InChI=1S/C28H23N/c1-21-16-22(2)18-25(17-21)27-15-9-14-26(24-12-7-4-8-13-24)28(27)20-29-19-23-10-5-3-6-11-23/h3-18,20H,1-2H3. The molecule has 0 radical (unpaired) electrons. The minimum Gasteiger partial charge on any atom is -0.187 e. The summed E-state index contributed by atoms with van der Waals surface area (Å²) in [6.45, 7) is 4.28. The van der Waals surface area contributed by atoms with E-state index >= 15 is 0 Å². The summed E-state index contributed by atoms with van der Waals surface area (Å²) in [5, 5.41) is 0. The SMILES string of the molecule is Cc1cc(C)cc(-c2cccc(-c3ccccc3)c2C=[N+]=[C-]c2ccccc2)c1. The molecular weight excluding hydrogens is 350 g/mol. The lowest BCUT2D eigenvalue weighted by Gasteiger charge is -2.12. The van der Waals surface area contributed by atoms with E-state index in [1.807, 2.05) is 42.6 Å². The normalized spacial score (nSPS) is 10.3. The zero-order valence-corrected chi connectivity index (χ0v) is 16.8. The first-order valence-corrected chi connectivity index (χ1v) is 9.82. The molecule has 0 amide bonds. The van der Waals surface area contributed by atoms with Gasteiger partial charge in [-0.05, 0) is 36.1 Å². The van der Waals surface area contributed by atoms with Crippen LogP contribution in [0.25, 0.3) is 22.3 Å². The van der Waals surface area contributed by atoms with Gasteiger partial charge in [-0.3, -0.25) is 0 Å². The number of aryl methyl sites for hydroxylation is 2. The van der Waals surface area contributed by atoms with Gasteiger partial charge in [-0.25, -0.2) is 0 Å². The largest absolute Gasteiger partial charge is 0.290 e. The lowest BCUT2D eigenvalue weighted by Crippen LogP contribution is -1.97. The smallest absolute Gasteiger partial charge is 0.187 e. The Morgan fingerprint density at radius 3 is 1.86 bits per heavy atom. The second-order valence-corrected chi connectivity index (χ2v) is 7.25. The van der Waals surface area contributed by atoms with Gasteiger partial charge in [0.15, 0.2) is 0 Å². The van der Waals surface area contributed by atoms with E-state index in [-0.39, 0.29) is 0 Å². The fourth-order valence-corrected chi connectivity index (χ4v) is 3.64. The lowest BCUT2D eigenvalue weighted by atomic mass is 9.91. The summed E-state index contributed by atoms with van der Waals surface area (Å²) in [5.41, 5.74) is 9.32. The Labute approximate surface area is 172 Å². The Bertz CT molecular complexity index is 1160. The topological polar surface area (TPSA) is 14.1 Å². The van der Waals surface area contributed by atoms with Gasteiger partial charge in [-0.1, -0.05) is 89.5 Å². The van der Waals surface area contributed by atoms with Crippen molar-refractivity contribution in [1.29, 1.82) is 0 Å². The average molecular weight is 373 g/mol. The average Bonchev–Trinajstić information content (AvgIpc) is 2.74. The van der Waals surface area contributed by atoms with E-state index in [4.69, 9.17) is 0 Å². The van der Waals surface area contributed by atoms with E-state index in [1.165, 1.54) is 33.4 Å². The molecular formula is C28H23N. The number of benzene rings is 4. The first kappa shape index (κ1) is 18.7. The number of rotatable bonds is 4. The molecule has 4 aromatic rings. The molecule has 0 aliphatic heterocycles. The summed E-state index contributed by atoms with van der Waals surface area (Å²) in [4.78, 5) is 0. The highest BCUT2D eigenvalue weighted by molar-refractivity contribution is 5.99. The predicted molar refractivity (Wildman–Crippen MR) is 125 cm³/mol. The Kier molecular flexibility index (Phi) is 5.52. The predicted octanol–water partition coefficient (Wildman–Crippen LogP) is 6.12. The summed E-state index contributed by atoms with van der Waals surface area (Å²) in [5.74, 6) is 0. The van der Waals surface area contributed by atoms with Gasteiger partial charge in [-0.2, -0.15) is 4.67 Å². The molecule has 29 heavy (non-hydrogen) atoms. The third-order valence-electron chi connectivity index (χ3n) is 4.88. The molecule has 0 N–H and O–H groups in total. The molecule has 140 valence electrons. The van der Waals surface area contributed by atoms with Crippen LogP contribution in [0.4, 0.5) is 0 Å². The molecule has 0 heterocycles. The molecule has 4 rings (SSSR count). The third-order valence-corrected chi connectivity index (χ3v) is 4.88. The van der Waals surface area contributed by atoms with Gasteiger partial charge in [0.25, 0.3) is 6.21 Å². The Hall–Kier alpha value is -3.67. The second-order valence-electron chi connectivity index (χ2n) is 7.25. The van der Waals surface area contributed by atoms with Gasteiger partial charge in [0, 0.05) is 5.56 Å². The number of hydrogen-bond donors (Lipinski definition) is 0. The van der Waals surface area contributed by atoms with Gasteiger partial charge >= 0.3 is 0 Å². The van der Waals surface area contributed by atoms with Crippen LogP contribution in [0.15, 0.2) is 97.1 Å². The van der Waals surface area contributed by atoms with Crippen molar-refractivity contribution in [2.75, 3.05) is 0 Å². The zero-order chi connectivity index (χ0) is 20.1. The molecule has 0 saturated carbocycles. The molecule has 0 bridgehead atoms. The van der Waals surface area contributed by atoms with Crippen molar-refractivity contribution in [2.24, 2.45) is 0 Å². The molecule has 0 aliphatic rings. The molecule has 0 spiro atoms. The summed E-state index contributed by atoms with van der Waals surface area (Å²) in [6, 6.07) is 33.6. The van der Waals surface area contributed by atoms with Gasteiger partial charge < -0.3 is 0 Å². The fourth-order valence-electron chi connectivity index (χ4n) is 3.64. The third kappa shape index (κ3) is 4.43. The van der Waals surface area contributed by atoms with E-state index < -0.39 is 0 Å². The van der Waals surface area contributed by atoms with Crippen molar-refractivity contribution in [2.45, 2.75) is 13.8 Å². The zero-order valence-electron chi connectivity index (χ0n) is 16.8. The highest BCUT2D eigenvalue weighted by atomic mass is 14.5. The van der Waals surface area contributed by atoms with E-state index in [2.05, 4.69) is 85.4 Å². The molecule has 1 heteroatoms. The Morgan fingerprint density at radius 1 is 0.621 bits per heavy atom. The fraction of sp³-hybridized carbons (Fsp3) is 0.0714. The maximum absolute atomic E-state index is 4.55. The summed E-state index contributed by atoms with van der Waals surface area (Å²) in [6.07, 6.45) is 5.08. The molecule has 1 nitrogen and oxygen atoms in total. The molecule has 0 aliphatic carbocycles. The highest BCUT2D eigenvalue weighted by Gasteiger charge is 2.12. The van der Waals surface area contributed by atoms with E-state index in [9.17, 15) is 0 Å². The minimum absolute atomic E-state index is 0.967.